The second kappa shape index (κ2) is 5.16. The van der Waals surface area contributed by atoms with Crippen molar-refractivity contribution in [1.82, 2.24) is 9.88 Å². The highest BCUT2D eigenvalue weighted by Gasteiger charge is 2.39. The molecule has 2 heterocycles. The number of para-hydroxylation sites is 1. The molecule has 108 valence electrons. The minimum absolute atomic E-state index is 0.109. The SMILES string of the molecule is CC(C)N1C(=O)CC(Nc2cccc3cccnc23)C1=O. The van der Waals surface area contributed by atoms with Gasteiger partial charge in [-0.25, -0.2) is 0 Å². The first-order valence-electron chi connectivity index (χ1n) is 7.04. The van der Waals surface area contributed by atoms with Crippen molar-refractivity contribution >= 4 is 28.4 Å². The summed E-state index contributed by atoms with van der Waals surface area (Å²) in [4.78, 5) is 29.9. The molecule has 5 nitrogen and oxygen atoms in total. The van der Waals surface area contributed by atoms with E-state index < -0.39 is 6.04 Å². The minimum Gasteiger partial charge on any atom is -0.371 e. The van der Waals surface area contributed by atoms with Crippen LogP contribution in [-0.2, 0) is 9.59 Å². The molecule has 1 N–H and O–H groups in total. The van der Waals surface area contributed by atoms with E-state index >= 15 is 0 Å². The number of carbonyl (C=O) groups is 2. The topological polar surface area (TPSA) is 62.3 Å². The molecule has 1 atom stereocenters. The fourth-order valence-electron chi connectivity index (χ4n) is 2.71. The number of hydrogen-bond acceptors (Lipinski definition) is 4. The number of rotatable bonds is 3. The summed E-state index contributed by atoms with van der Waals surface area (Å²) in [6.45, 7) is 3.69. The molecule has 1 aromatic carbocycles. The van der Waals surface area contributed by atoms with Crippen LogP contribution in [0.5, 0.6) is 0 Å². The van der Waals surface area contributed by atoms with Crippen molar-refractivity contribution in [1.29, 1.82) is 0 Å². The maximum atomic E-state index is 12.3. The van der Waals surface area contributed by atoms with Crippen LogP contribution < -0.4 is 5.32 Å². The van der Waals surface area contributed by atoms with Crippen molar-refractivity contribution in [3.63, 3.8) is 0 Å². The van der Waals surface area contributed by atoms with Crippen molar-refractivity contribution in [2.75, 3.05) is 5.32 Å². The Bertz CT molecular complexity index is 706. The smallest absolute Gasteiger partial charge is 0.252 e. The van der Waals surface area contributed by atoms with Gasteiger partial charge in [0.2, 0.25) is 5.91 Å². The average Bonchev–Trinajstić information content (AvgIpc) is 2.74. The quantitative estimate of drug-likeness (QED) is 0.877. The van der Waals surface area contributed by atoms with Gasteiger partial charge in [0, 0.05) is 17.6 Å². The maximum Gasteiger partial charge on any atom is 0.252 e. The Morgan fingerprint density at radius 2 is 2.00 bits per heavy atom. The molecule has 1 aromatic heterocycles. The molecule has 3 rings (SSSR count). The van der Waals surface area contributed by atoms with E-state index in [1.807, 2.05) is 44.2 Å². The van der Waals surface area contributed by atoms with Crippen LogP contribution in [0, 0.1) is 0 Å². The van der Waals surface area contributed by atoms with Gasteiger partial charge in [0.25, 0.3) is 5.91 Å². The van der Waals surface area contributed by atoms with Crippen LogP contribution in [0.4, 0.5) is 5.69 Å². The van der Waals surface area contributed by atoms with Crippen LogP contribution in [0.25, 0.3) is 10.9 Å². The number of imide groups is 1. The Kier molecular flexibility index (Phi) is 3.33. The molecule has 1 aliphatic rings. The monoisotopic (exact) mass is 283 g/mol. The molecule has 1 fully saturated rings. The molecule has 5 heteroatoms. The molecular formula is C16H17N3O2. The molecule has 0 aliphatic carbocycles. The van der Waals surface area contributed by atoms with Gasteiger partial charge in [-0.15, -0.1) is 0 Å². The summed E-state index contributed by atoms with van der Waals surface area (Å²) in [6, 6.07) is 8.98. The molecule has 2 amide bonds. The van der Waals surface area contributed by atoms with Crippen LogP contribution in [0.2, 0.25) is 0 Å². The molecule has 0 saturated carbocycles. The second-order valence-electron chi connectivity index (χ2n) is 5.48. The Labute approximate surface area is 123 Å². The number of benzene rings is 1. The van der Waals surface area contributed by atoms with Crippen LogP contribution in [0.1, 0.15) is 20.3 Å². The highest BCUT2D eigenvalue weighted by molar-refractivity contribution is 6.07. The zero-order valence-electron chi connectivity index (χ0n) is 12.0. The van der Waals surface area contributed by atoms with Gasteiger partial charge in [-0.2, -0.15) is 0 Å². The van der Waals surface area contributed by atoms with Gasteiger partial charge < -0.3 is 5.32 Å². The lowest BCUT2D eigenvalue weighted by Gasteiger charge is -2.19. The van der Waals surface area contributed by atoms with Crippen molar-refractivity contribution in [2.24, 2.45) is 0 Å². The van der Waals surface area contributed by atoms with E-state index in [9.17, 15) is 9.59 Å². The van der Waals surface area contributed by atoms with E-state index in [4.69, 9.17) is 0 Å². The second-order valence-corrected chi connectivity index (χ2v) is 5.48. The lowest BCUT2D eigenvalue weighted by Crippen LogP contribution is -2.39. The number of nitrogens with zero attached hydrogens (tertiary/aromatic N) is 2. The Balaban J connectivity index is 1.90. The van der Waals surface area contributed by atoms with Gasteiger partial charge in [-0.3, -0.25) is 19.5 Å². The minimum atomic E-state index is -0.507. The number of nitrogens with one attached hydrogen (secondary N) is 1. The van der Waals surface area contributed by atoms with Gasteiger partial charge in [-0.1, -0.05) is 18.2 Å². The average molecular weight is 283 g/mol. The number of likely N-dealkylation sites (tertiary alicyclic amines) is 1. The van der Waals surface area contributed by atoms with Gasteiger partial charge in [0.15, 0.2) is 0 Å². The fraction of sp³-hybridized carbons (Fsp3) is 0.312. The number of pyridine rings is 1. The van der Waals surface area contributed by atoms with Gasteiger partial charge in [-0.05, 0) is 26.0 Å². The summed E-state index contributed by atoms with van der Waals surface area (Å²) in [5, 5.41) is 4.17. The van der Waals surface area contributed by atoms with E-state index in [2.05, 4.69) is 10.3 Å². The third kappa shape index (κ3) is 2.35. The summed E-state index contributed by atoms with van der Waals surface area (Å²) in [7, 11) is 0. The first kappa shape index (κ1) is 13.5. The molecule has 1 saturated heterocycles. The Hall–Kier alpha value is -2.43. The van der Waals surface area contributed by atoms with Crippen molar-refractivity contribution in [3.05, 3.63) is 36.5 Å². The highest BCUT2D eigenvalue weighted by Crippen LogP contribution is 2.25. The summed E-state index contributed by atoms with van der Waals surface area (Å²) >= 11 is 0. The number of aromatic nitrogens is 1. The van der Waals surface area contributed by atoms with E-state index in [1.165, 1.54) is 4.90 Å². The summed E-state index contributed by atoms with van der Waals surface area (Å²) in [5.74, 6) is -0.288. The van der Waals surface area contributed by atoms with Crippen molar-refractivity contribution in [2.45, 2.75) is 32.4 Å². The van der Waals surface area contributed by atoms with Gasteiger partial charge >= 0.3 is 0 Å². The third-order valence-corrected chi connectivity index (χ3v) is 3.66. The van der Waals surface area contributed by atoms with E-state index in [0.717, 1.165) is 16.6 Å². The Morgan fingerprint density at radius 1 is 1.24 bits per heavy atom. The summed E-state index contributed by atoms with van der Waals surface area (Å²) < 4.78 is 0. The fourth-order valence-corrected chi connectivity index (χ4v) is 2.71. The van der Waals surface area contributed by atoms with Crippen molar-refractivity contribution < 1.29 is 9.59 Å². The molecule has 1 aliphatic heterocycles. The van der Waals surface area contributed by atoms with Gasteiger partial charge in [0.05, 0.1) is 17.6 Å². The van der Waals surface area contributed by atoms with E-state index in [-0.39, 0.29) is 24.3 Å². The lowest BCUT2D eigenvalue weighted by atomic mass is 10.1. The van der Waals surface area contributed by atoms with Crippen LogP contribution >= 0.6 is 0 Å². The predicted octanol–water partition coefficient (Wildman–Crippen LogP) is 2.18. The highest BCUT2D eigenvalue weighted by atomic mass is 16.2. The first-order valence-corrected chi connectivity index (χ1v) is 7.04. The number of hydrogen-bond donors (Lipinski definition) is 1. The number of amides is 2. The molecule has 21 heavy (non-hydrogen) atoms. The number of carbonyl (C=O) groups excluding carboxylic acids is 2. The number of fused-ring (bicyclic) bond motifs is 1. The molecule has 2 aromatic rings. The Morgan fingerprint density at radius 3 is 2.71 bits per heavy atom. The third-order valence-electron chi connectivity index (χ3n) is 3.66. The van der Waals surface area contributed by atoms with E-state index in [1.54, 1.807) is 6.20 Å². The zero-order chi connectivity index (χ0) is 15.0. The largest absolute Gasteiger partial charge is 0.371 e. The molecular weight excluding hydrogens is 266 g/mol. The van der Waals surface area contributed by atoms with Crippen molar-refractivity contribution in [3.8, 4) is 0 Å². The number of anilines is 1. The standard InChI is InChI=1S/C16H17N3O2/c1-10(2)19-14(20)9-13(16(19)21)18-12-7-3-5-11-6-4-8-17-15(11)12/h3-8,10,13,18H,9H2,1-2H3. The van der Waals surface area contributed by atoms with Crippen LogP contribution in [0.15, 0.2) is 36.5 Å². The molecule has 0 spiro atoms. The maximum absolute atomic E-state index is 12.3. The molecule has 0 radical (unpaired) electrons. The predicted molar refractivity (Wildman–Crippen MR) is 80.8 cm³/mol. The zero-order valence-corrected chi connectivity index (χ0v) is 12.0. The van der Waals surface area contributed by atoms with Crippen LogP contribution in [0.3, 0.4) is 0 Å². The molecule has 1 unspecified atom stereocenters. The lowest BCUT2D eigenvalue weighted by molar-refractivity contribution is -0.140. The molecule has 0 bridgehead atoms. The van der Waals surface area contributed by atoms with Crippen LogP contribution in [-0.4, -0.2) is 33.8 Å². The normalized spacial score (nSPS) is 18.8. The summed E-state index contributed by atoms with van der Waals surface area (Å²) in [5.41, 5.74) is 1.59. The van der Waals surface area contributed by atoms with Gasteiger partial charge in [0.1, 0.15) is 6.04 Å². The first-order chi connectivity index (χ1) is 10.1. The summed E-state index contributed by atoms with van der Waals surface area (Å²) in [6.07, 6.45) is 1.91. The van der Waals surface area contributed by atoms with E-state index in [0.29, 0.717) is 0 Å².